The Morgan fingerprint density at radius 3 is 2.46 bits per heavy atom. The van der Waals surface area contributed by atoms with Gasteiger partial charge < -0.3 is 19.7 Å². The smallest absolute Gasteiger partial charge is 0.337 e. The van der Waals surface area contributed by atoms with E-state index in [0.29, 0.717) is 12.2 Å². The van der Waals surface area contributed by atoms with E-state index >= 15 is 0 Å². The molecule has 0 saturated heterocycles. The van der Waals surface area contributed by atoms with Crippen LogP contribution in [-0.2, 0) is 9.53 Å². The fourth-order valence-electron chi connectivity index (χ4n) is 4.67. The van der Waals surface area contributed by atoms with Crippen molar-refractivity contribution in [2.75, 3.05) is 23.9 Å². The second kappa shape index (κ2) is 10.6. The van der Waals surface area contributed by atoms with Crippen molar-refractivity contribution in [3.05, 3.63) is 77.9 Å². The number of hydrogen-bond acceptors (Lipinski definition) is 5. The summed E-state index contributed by atoms with van der Waals surface area (Å²) in [6.07, 6.45) is 1.71. The zero-order chi connectivity index (χ0) is 24.9. The zero-order valence-electron chi connectivity index (χ0n) is 20.7. The van der Waals surface area contributed by atoms with Crippen LogP contribution >= 0.6 is 0 Å². The molecule has 1 amide bonds. The van der Waals surface area contributed by atoms with Crippen molar-refractivity contribution in [1.82, 2.24) is 0 Å². The Morgan fingerprint density at radius 2 is 1.77 bits per heavy atom. The van der Waals surface area contributed by atoms with Crippen molar-refractivity contribution in [3.63, 3.8) is 0 Å². The van der Waals surface area contributed by atoms with E-state index in [-0.39, 0.29) is 24.0 Å². The molecule has 2 atom stereocenters. The maximum absolute atomic E-state index is 12.5. The van der Waals surface area contributed by atoms with Gasteiger partial charge >= 0.3 is 5.97 Å². The molecule has 3 aromatic rings. The zero-order valence-corrected chi connectivity index (χ0v) is 20.7. The van der Waals surface area contributed by atoms with Crippen LogP contribution < -0.4 is 15.0 Å². The SMILES string of the molecule is CCCOc1cccc(-c2ccc3c(c2)[C@H](Nc2ccc(C(=O)OC)cc2)C[C@H](C)N3C(C)=O)c1. The molecule has 0 spiro atoms. The van der Waals surface area contributed by atoms with Crippen molar-refractivity contribution < 1.29 is 19.1 Å². The molecular weight excluding hydrogens is 440 g/mol. The summed E-state index contributed by atoms with van der Waals surface area (Å²) in [6, 6.07) is 21.7. The minimum atomic E-state index is -0.361. The molecule has 1 aliphatic rings. The third kappa shape index (κ3) is 5.32. The minimum Gasteiger partial charge on any atom is -0.494 e. The van der Waals surface area contributed by atoms with Crippen molar-refractivity contribution in [1.29, 1.82) is 0 Å². The summed E-state index contributed by atoms with van der Waals surface area (Å²) in [5.74, 6) is 0.517. The Kier molecular flexibility index (Phi) is 7.39. The number of nitrogens with one attached hydrogen (secondary N) is 1. The van der Waals surface area contributed by atoms with Crippen LogP contribution in [0.2, 0.25) is 0 Å². The van der Waals surface area contributed by atoms with Gasteiger partial charge in [-0.3, -0.25) is 4.79 Å². The van der Waals surface area contributed by atoms with Gasteiger partial charge in [0.2, 0.25) is 5.91 Å². The molecule has 0 aliphatic carbocycles. The van der Waals surface area contributed by atoms with Crippen LogP contribution in [0, 0.1) is 0 Å². The maximum atomic E-state index is 12.5. The number of anilines is 2. The summed E-state index contributed by atoms with van der Waals surface area (Å²) in [5, 5.41) is 3.61. The van der Waals surface area contributed by atoms with E-state index in [2.05, 4.69) is 43.4 Å². The number of amides is 1. The minimum absolute atomic E-state index is 0.000879. The first-order valence-corrected chi connectivity index (χ1v) is 12.0. The third-order valence-corrected chi connectivity index (χ3v) is 6.31. The lowest BCUT2D eigenvalue weighted by molar-refractivity contribution is -0.117. The van der Waals surface area contributed by atoms with Crippen LogP contribution in [0.5, 0.6) is 5.75 Å². The van der Waals surface area contributed by atoms with E-state index in [1.807, 2.05) is 35.2 Å². The van der Waals surface area contributed by atoms with Crippen LogP contribution in [0.15, 0.2) is 66.7 Å². The summed E-state index contributed by atoms with van der Waals surface area (Å²) in [6.45, 7) is 6.45. The molecule has 0 unspecified atom stereocenters. The molecular formula is C29H32N2O4. The Morgan fingerprint density at radius 1 is 1.03 bits per heavy atom. The number of carbonyl (C=O) groups is 2. The molecule has 4 rings (SSSR count). The number of esters is 1. The second-order valence-electron chi connectivity index (χ2n) is 8.89. The number of ether oxygens (including phenoxy) is 2. The van der Waals surface area contributed by atoms with Gasteiger partial charge in [-0.25, -0.2) is 4.79 Å². The van der Waals surface area contributed by atoms with Crippen molar-refractivity contribution >= 4 is 23.3 Å². The Bertz CT molecular complexity index is 1210. The predicted molar refractivity (Wildman–Crippen MR) is 139 cm³/mol. The predicted octanol–water partition coefficient (Wildman–Crippen LogP) is 6.23. The average molecular weight is 473 g/mol. The summed E-state index contributed by atoms with van der Waals surface area (Å²) in [5.41, 5.74) is 5.52. The van der Waals surface area contributed by atoms with E-state index in [1.165, 1.54) is 7.11 Å². The van der Waals surface area contributed by atoms with Gasteiger partial charge in [-0.1, -0.05) is 25.1 Å². The highest BCUT2D eigenvalue weighted by Crippen LogP contribution is 2.41. The standard InChI is InChI=1S/C29H32N2O4/c1-5-15-35-25-8-6-7-22(17-25)23-11-14-28-26(18-23)27(16-19(2)31(28)20(3)32)30-24-12-9-21(10-13-24)29(33)34-4/h6-14,17-19,27,30H,5,15-16H2,1-4H3/t19-,27+/m0/s1. The molecule has 0 saturated carbocycles. The van der Waals surface area contributed by atoms with Gasteiger partial charge in [-0.15, -0.1) is 0 Å². The summed E-state index contributed by atoms with van der Waals surface area (Å²) < 4.78 is 10.6. The normalized spacial score (nSPS) is 16.9. The van der Waals surface area contributed by atoms with Crippen LogP contribution in [0.25, 0.3) is 11.1 Å². The van der Waals surface area contributed by atoms with Crippen LogP contribution in [0.4, 0.5) is 11.4 Å². The molecule has 35 heavy (non-hydrogen) atoms. The Hall–Kier alpha value is -3.80. The molecule has 3 aromatic carbocycles. The molecule has 6 nitrogen and oxygen atoms in total. The second-order valence-corrected chi connectivity index (χ2v) is 8.89. The monoisotopic (exact) mass is 472 g/mol. The van der Waals surface area contributed by atoms with Gasteiger partial charge in [0.1, 0.15) is 5.75 Å². The van der Waals surface area contributed by atoms with Crippen LogP contribution in [0.3, 0.4) is 0 Å². The first-order chi connectivity index (χ1) is 16.9. The van der Waals surface area contributed by atoms with Crippen molar-refractivity contribution in [2.24, 2.45) is 0 Å². The quantitative estimate of drug-likeness (QED) is 0.413. The molecule has 1 heterocycles. The summed E-state index contributed by atoms with van der Waals surface area (Å²) >= 11 is 0. The average Bonchev–Trinajstić information content (AvgIpc) is 2.87. The summed E-state index contributed by atoms with van der Waals surface area (Å²) in [7, 11) is 1.37. The van der Waals surface area contributed by atoms with Crippen molar-refractivity contribution in [3.8, 4) is 16.9 Å². The molecule has 0 fully saturated rings. The maximum Gasteiger partial charge on any atom is 0.337 e. The highest BCUT2D eigenvalue weighted by Gasteiger charge is 2.32. The van der Waals surface area contributed by atoms with E-state index < -0.39 is 0 Å². The first-order valence-electron chi connectivity index (χ1n) is 12.0. The molecule has 1 aliphatic heterocycles. The Balaban J connectivity index is 1.69. The number of methoxy groups -OCH3 is 1. The number of benzene rings is 3. The number of nitrogens with zero attached hydrogens (tertiary/aromatic N) is 1. The largest absolute Gasteiger partial charge is 0.494 e. The number of rotatable bonds is 7. The highest BCUT2D eigenvalue weighted by atomic mass is 16.5. The van der Waals surface area contributed by atoms with Gasteiger partial charge in [-0.2, -0.15) is 0 Å². The van der Waals surface area contributed by atoms with E-state index in [4.69, 9.17) is 9.47 Å². The lowest BCUT2D eigenvalue weighted by Gasteiger charge is -2.39. The lowest BCUT2D eigenvalue weighted by atomic mass is 9.89. The third-order valence-electron chi connectivity index (χ3n) is 6.31. The molecule has 1 N–H and O–H groups in total. The highest BCUT2D eigenvalue weighted by molar-refractivity contribution is 5.94. The van der Waals surface area contributed by atoms with Gasteiger partial charge in [0.15, 0.2) is 0 Å². The van der Waals surface area contributed by atoms with E-state index in [0.717, 1.165) is 46.7 Å². The topological polar surface area (TPSA) is 67.9 Å². The molecule has 182 valence electrons. The molecule has 0 bridgehead atoms. The number of hydrogen-bond donors (Lipinski definition) is 1. The van der Waals surface area contributed by atoms with Gasteiger partial charge in [-0.05, 0) is 85.0 Å². The number of carbonyl (C=O) groups excluding carboxylic acids is 2. The fraction of sp³-hybridized carbons (Fsp3) is 0.310. The van der Waals surface area contributed by atoms with E-state index in [1.54, 1.807) is 19.1 Å². The van der Waals surface area contributed by atoms with Gasteiger partial charge in [0.05, 0.1) is 25.3 Å². The molecule has 0 radical (unpaired) electrons. The van der Waals surface area contributed by atoms with Crippen molar-refractivity contribution in [2.45, 2.75) is 45.7 Å². The molecule has 0 aromatic heterocycles. The number of fused-ring (bicyclic) bond motifs is 1. The fourth-order valence-corrected chi connectivity index (χ4v) is 4.67. The lowest BCUT2D eigenvalue weighted by Crippen LogP contribution is -2.43. The van der Waals surface area contributed by atoms with Crippen LogP contribution in [0.1, 0.15) is 55.6 Å². The van der Waals surface area contributed by atoms with Gasteiger partial charge in [0, 0.05) is 24.3 Å². The summed E-state index contributed by atoms with van der Waals surface area (Å²) in [4.78, 5) is 26.2. The Labute approximate surface area is 206 Å². The first kappa shape index (κ1) is 24.3. The van der Waals surface area contributed by atoms with Gasteiger partial charge in [0.25, 0.3) is 0 Å². The van der Waals surface area contributed by atoms with Crippen LogP contribution in [-0.4, -0.2) is 31.6 Å². The van der Waals surface area contributed by atoms with E-state index in [9.17, 15) is 9.59 Å². The molecule has 6 heteroatoms.